The summed E-state index contributed by atoms with van der Waals surface area (Å²) in [4.78, 5) is 33.2. The Balaban J connectivity index is 1.29. The van der Waals surface area contributed by atoms with E-state index in [4.69, 9.17) is 14.3 Å². The van der Waals surface area contributed by atoms with Gasteiger partial charge in [0.15, 0.2) is 6.29 Å². The number of para-hydroxylation sites is 1. The van der Waals surface area contributed by atoms with Gasteiger partial charge in [-0.3, -0.25) is 9.59 Å². The number of rotatable bonds is 10. The van der Waals surface area contributed by atoms with E-state index in [1.54, 1.807) is 53.4 Å². The smallest absolute Gasteiger partial charge is 0.253 e. The van der Waals surface area contributed by atoms with Crippen molar-refractivity contribution < 1.29 is 32.3 Å². The number of nitrogens with zero attached hydrogens (tertiary/aromatic N) is 1. The van der Waals surface area contributed by atoms with Crippen LogP contribution in [0.15, 0.2) is 89.8 Å². The summed E-state index contributed by atoms with van der Waals surface area (Å²) in [5, 5.41) is 0. The third-order valence-corrected chi connectivity index (χ3v) is 9.03. The zero-order chi connectivity index (χ0) is 29.4. The third-order valence-electron chi connectivity index (χ3n) is 7.43. The van der Waals surface area contributed by atoms with Crippen LogP contribution in [0.25, 0.3) is 0 Å². The van der Waals surface area contributed by atoms with Crippen LogP contribution in [0.4, 0.5) is 0 Å². The average Bonchev–Trinajstić information content (AvgIpc) is 3.01. The second-order valence-electron chi connectivity index (χ2n) is 10.5. The number of hydrogen-bond acceptors (Lipinski definition) is 7. The van der Waals surface area contributed by atoms with Crippen LogP contribution in [-0.2, 0) is 24.4 Å². The Kier molecular flexibility index (Phi) is 9.53. The minimum absolute atomic E-state index is 0.0392. The molecule has 2 aliphatic rings. The van der Waals surface area contributed by atoms with E-state index in [-0.39, 0.29) is 43.2 Å². The maximum atomic E-state index is 13.6. The molecular weight excluding hydrogens is 558 g/mol. The molecule has 0 aliphatic carbocycles. The topological polar surface area (TPSA) is 123 Å². The SMILES string of the molecule is O=C(CC1(NS(=O)(=O)c2ccc(Oc3ccccc3)cc2)CCN(C(=O)c2ccccc2)CC1)NOC1CCCCO1. The third kappa shape index (κ3) is 7.74. The minimum atomic E-state index is -4.03. The first-order chi connectivity index (χ1) is 20.3. The van der Waals surface area contributed by atoms with Crippen molar-refractivity contribution in [3.05, 3.63) is 90.5 Å². The highest BCUT2D eigenvalue weighted by Crippen LogP contribution is 2.30. The molecule has 222 valence electrons. The molecule has 11 heteroatoms. The van der Waals surface area contributed by atoms with Crippen LogP contribution in [0, 0.1) is 0 Å². The molecule has 2 fully saturated rings. The van der Waals surface area contributed by atoms with Crippen molar-refractivity contribution >= 4 is 21.8 Å². The predicted molar refractivity (Wildman–Crippen MR) is 155 cm³/mol. The van der Waals surface area contributed by atoms with Gasteiger partial charge in [0.2, 0.25) is 15.9 Å². The van der Waals surface area contributed by atoms with Gasteiger partial charge < -0.3 is 14.4 Å². The molecule has 3 aromatic carbocycles. The lowest BCUT2D eigenvalue weighted by Crippen LogP contribution is -2.57. The number of hydroxylamine groups is 1. The van der Waals surface area contributed by atoms with Crippen LogP contribution >= 0.6 is 0 Å². The highest BCUT2D eigenvalue weighted by atomic mass is 32.2. The number of ether oxygens (including phenoxy) is 2. The van der Waals surface area contributed by atoms with Crippen LogP contribution in [-0.4, -0.2) is 56.7 Å². The Morgan fingerprint density at radius 2 is 1.52 bits per heavy atom. The second-order valence-corrected chi connectivity index (χ2v) is 12.2. The van der Waals surface area contributed by atoms with Gasteiger partial charge in [0.25, 0.3) is 5.91 Å². The van der Waals surface area contributed by atoms with Crippen molar-refractivity contribution in [3.8, 4) is 11.5 Å². The Morgan fingerprint density at radius 3 is 2.17 bits per heavy atom. The number of likely N-dealkylation sites (tertiary alicyclic amines) is 1. The van der Waals surface area contributed by atoms with Crippen LogP contribution < -0.4 is 14.9 Å². The first-order valence-corrected chi connectivity index (χ1v) is 15.6. The van der Waals surface area contributed by atoms with Gasteiger partial charge in [-0.1, -0.05) is 36.4 Å². The lowest BCUT2D eigenvalue weighted by Gasteiger charge is -2.41. The molecule has 0 spiro atoms. The lowest BCUT2D eigenvalue weighted by molar-refractivity contribution is -0.201. The van der Waals surface area contributed by atoms with Crippen LogP contribution in [0.3, 0.4) is 0 Å². The number of benzene rings is 3. The maximum absolute atomic E-state index is 13.6. The number of hydrogen-bond donors (Lipinski definition) is 2. The Bertz CT molecular complexity index is 1440. The fourth-order valence-electron chi connectivity index (χ4n) is 5.15. The molecule has 10 nitrogen and oxygen atoms in total. The minimum Gasteiger partial charge on any atom is -0.457 e. The number of amides is 2. The van der Waals surface area contributed by atoms with Crippen molar-refractivity contribution in [1.29, 1.82) is 0 Å². The summed E-state index contributed by atoms with van der Waals surface area (Å²) in [5.74, 6) is 0.516. The van der Waals surface area contributed by atoms with Crippen molar-refractivity contribution in [1.82, 2.24) is 15.1 Å². The summed E-state index contributed by atoms with van der Waals surface area (Å²) in [5.41, 5.74) is 1.87. The Labute approximate surface area is 246 Å². The van der Waals surface area contributed by atoms with Gasteiger partial charge in [0, 0.05) is 43.6 Å². The molecule has 42 heavy (non-hydrogen) atoms. The van der Waals surface area contributed by atoms with Gasteiger partial charge in [-0.05, 0) is 74.2 Å². The van der Waals surface area contributed by atoms with E-state index >= 15 is 0 Å². The lowest BCUT2D eigenvalue weighted by atomic mass is 9.85. The van der Waals surface area contributed by atoms with E-state index in [1.165, 1.54) is 12.1 Å². The molecule has 2 saturated heterocycles. The number of carbonyl (C=O) groups is 2. The first kappa shape index (κ1) is 29.7. The average molecular weight is 594 g/mol. The van der Waals surface area contributed by atoms with Crippen molar-refractivity contribution in [3.63, 3.8) is 0 Å². The number of nitrogens with one attached hydrogen (secondary N) is 2. The van der Waals surface area contributed by atoms with E-state index in [2.05, 4.69) is 10.2 Å². The molecule has 1 unspecified atom stereocenters. The quantitative estimate of drug-likeness (QED) is 0.334. The molecule has 2 amide bonds. The molecule has 0 bridgehead atoms. The standard InChI is InChI=1S/C31H35N3O7S/c35-28(32-41-29-13-7-8-22-39-29)23-31(18-20-34(21-19-31)30(36)24-9-3-1-4-10-24)33-42(37,38)27-16-14-26(15-17-27)40-25-11-5-2-6-12-25/h1-6,9-12,14-17,29,33H,7-8,13,18-23H2,(H,32,35). The fraction of sp³-hybridized carbons (Fsp3) is 0.355. The van der Waals surface area contributed by atoms with Crippen LogP contribution in [0.5, 0.6) is 11.5 Å². The summed E-state index contributed by atoms with van der Waals surface area (Å²) in [6.07, 6.45) is 2.33. The van der Waals surface area contributed by atoms with Gasteiger partial charge in [-0.25, -0.2) is 23.5 Å². The molecule has 1 atom stereocenters. The molecule has 0 aromatic heterocycles. The highest BCUT2D eigenvalue weighted by Gasteiger charge is 2.41. The molecule has 2 heterocycles. The van der Waals surface area contributed by atoms with Crippen LogP contribution in [0.2, 0.25) is 0 Å². The molecule has 2 aliphatic heterocycles. The van der Waals surface area contributed by atoms with Gasteiger partial charge in [-0.2, -0.15) is 0 Å². The highest BCUT2D eigenvalue weighted by molar-refractivity contribution is 7.89. The molecular formula is C31H35N3O7S. The zero-order valence-corrected chi connectivity index (χ0v) is 24.1. The summed E-state index contributed by atoms with van der Waals surface area (Å²) in [7, 11) is -4.03. The number of carbonyl (C=O) groups excluding carboxylic acids is 2. The number of sulfonamides is 1. The van der Waals surface area contributed by atoms with E-state index in [0.29, 0.717) is 30.1 Å². The normalized spacial score (nSPS) is 18.7. The number of piperidine rings is 1. The second kappa shape index (κ2) is 13.5. The monoisotopic (exact) mass is 593 g/mol. The first-order valence-electron chi connectivity index (χ1n) is 14.1. The summed E-state index contributed by atoms with van der Waals surface area (Å²) in [6, 6.07) is 24.2. The predicted octanol–water partition coefficient (Wildman–Crippen LogP) is 4.40. The molecule has 0 saturated carbocycles. The molecule has 2 N–H and O–H groups in total. The Morgan fingerprint density at radius 1 is 0.881 bits per heavy atom. The summed E-state index contributed by atoms with van der Waals surface area (Å²) in [6.45, 7) is 1.12. The summed E-state index contributed by atoms with van der Waals surface area (Å²) < 4.78 is 41.3. The van der Waals surface area contributed by atoms with Gasteiger partial charge in [0.05, 0.1) is 4.90 Å². The van der Waals surface area contributed by atoms with E-state index in [1.807, 2.05) is 24.3 Å². The largest absolute Gasteiger partial charge is 0.457 e. The zero-order valence-electron chi connectivity index (χ0n) is 23.2. The molecule has 5 rings (SSSR count). The van der Waals surface area contributed by atoms with E-state index < -0.39 is 27.8 Å². The van der Waals surface area contributed by atoms with Crippen molar-refractivity contribution in [2.75, 3.05) is 19.7 Å². The molecule has 0 radical (unpaired) electrons. The molecule has 3 aromatic rings. The fourth-order valence-corrected chi connectivity index (χ4v) is 6.61. The van der Waals surface area contributed by atoms with E-state index in [0.717, 1.165) is 12.8 Å². The van der Waals surface area contributed by atoms with Gasteiger partial charge >= 0.3 is 0 Å². The van der Waals surface area contributed by atoms with Crippen LogP contribution in [0.1, 0.15) is 48.9 Å². The maximum Gasteiger partial charge on any atom is 0.253 e. The van der Waals surface area contributed by atoms with Crippen molar-refractivity contribution in [2.24, 2.45) is 0 Å². The van der Waals surface area contributed by atoms with Gasteiger partial charge in [0.1, 0.15) is 11.5 Å². The van der Waals surface area contributed by atoms with Gasteiger partial charge in [-0.15, -0.1) is 0 Å². The van der Waals surface area contributed by atoms with Crippen molar-refractivity contribution in [2.45, 2.75) is 55.2 Å². The Hall–Kier alpha value is -3.77. The van der Waals surface area contributed by atoms with E-state index in [9.17, 15) is 18.0 Å². The summed E-state index contributed by atoms with van der Waals surface area (Å²) >= 11 is 0.